The van der Waals surface area contributed by atoms with E-state index in [9.17, 15) is 0 Å². The number of benzene rings is 1. The molecule has 86 valence electrons. The summed E-state index contributed by atoms with van der Waals surface area (Å²) in [5.74, 6) is 0. The molecule has 2 aromatic rings. The summed E-state index contributed by atoms with van der Waals surface area (Å²) in [5.41, 5.74) is 9.51. The van der Waals surface area contributed by atoms with Crippen molar-refractivity contribution in [1.82, 2.24) is 9.88 Å². The molecule has 0 aliphatic heterocycles. The summed E-state index contributed by atoms with van der Waals surface area (Å²) < 4.78 is 2.28. The Morgan fingerprint density at radius 2 is 2.19 bits per heavy atom. The maximum Gasteiger partial charge on any atom is 0.0483 e. The van der Waals surface area contributed by atoms with E-state index in [1.54, 1.807) is 0 Å². The first-order valence-corrected chi connectivity index (χ1v) is 5.75. The van der Waals surface area contributed by atoms with Crippen molar-refractivity contribution in [3.05, 3.63) is 35.5 Å². The van der Waals surface area contributed by atoms with Gasteiger partial charge in [-0.05, 0) is 37.2 Å². The molecule has 0 bridgehead atoms. The van der Waals surface area contributed by atoms with Gasteiger partial charge in [-0.15, -0.1) is 0 Å². The number of nitrogens with zero attached hydrogens (tertiary/aromatic N) is 1. The van der Waals surface area contributed by atoms with E-state index in [4.69, 9.17) is 5.73 Å². The third-order valence-corrected chi connectivity index (χ3v) is 2.97. The van der Waals surface area contributed by atoms with E-state index in [0.29, 0.717) is 6.54 Å². The van der Waals surface area contributed by atoms with Crippen LogP contribution in [0.15, 0.2) is 24.4 Å². The highest BCUT2D eigenvalue weighted by Crippen LogP contribution is 2.22. The van der Waals surface area contributed by atoms with Crippen LogP contribution in [0.5, 0.6) is 0 Å². The number of nitrogens with one attached hydrogen (secondary N) is 1. The van der Waals surface area contributed by atoms with Crippen LogP contribution < -0.4 is 11.1 Å². The molecule has 1 heterocycles. The molecule has 0 aliphatic carbocycles. The normalized spacial score (nSPS) is 11.2. The largest absolute Gasteiger partial charge is 0.347 e. The second kappa shape index (κ2) is 4.68. The van der Waals surface area contributed by atoms with Crippen LogP contribution in [0, 0.1) is 0 Å². The first kappa shape index (κ1) is 11.2. The molecule has 0 saturated carbocycles. The predicted octanol–water partition coefficient (Wildman–Crippen LogP) is 1.84. The molecule has 0 spiro atoms. The summed E-state index contributed by atoms with van der Waals surface area (Å²) in [6, 6.07) is 6.48. The van der Waals surface area contributed by atoms with E-state index in [0.717, 1.165) is 13.1 Å². The van der Waals surface area contributed by atoms with Gasteiger partial charge in [0.25, 0.3) is 0 Å². The Hall–Kier alpha value is -1.32. The van der Waals surface area contributed by atoms with Crippen LogP contribution >= 0.6 is 0 Å². The first-order chi connectivity index (χ1) is 7.80. The molecule has 3 N–H and O–H groups in total. The van der Waals surface area contributed by atoms with E-state index >= 15 is 0 Å². The van der Waals surface area contributed by atoms with E-state index in [1.165, 1.54) is 22.0 Å². The highest BCUT2D eigenvalue weighted by Gasteiger charge is 2.07. The van der Waals surface area contributed by atoms with Crippen LogP contribution in [0.2, 0.25) is 0 Å². The number of rotatable bonds is 4. The maximum atomic E-state index is 5.68. The summed E-state index contributed by atoms with van der Waals surface area (Å²) >= 11 is 0. The molecule has 16 heavy (non-hydrogen) atoms. The molecular formula is C13H19N3. The van der Waals surface area contributed by atoms with Crippen LogP contribution in [0.3, 0.4) is 0 Å². The van der Waals surface area contributed by atoms with Crippen molar-refractivity contribution < 1.29 is 0 Å². The summed E-state index contributed by atoms with van der Waals surface area (Å²) in [5, 5.41) is 4.53. The monoisotopic (exact) mass is 217 g/mol. The highest BCUT2D eigenvalue weighted by atomic mass is 15.0. The molecule has 1 aromatic heterocycles. The number of aryl methyl sites for hydroxylation is 1. The highest BCUT2D eigenvalue weighted by molar-refractivity contribution is 5.84. The third kappa shape index (κ3) is 1.84. The van der Waals surface area contributed by atoms with Crippen LogP contribution in [0.1, 0.15) is 18.1 Å². The van der Waals surface area contributed by atoms with Crippen LogP contribution in [0.25, 0.3) is 10.9 Å². The molecule has 0 unspecified atom stereocenters. The van der Waals surface area contributed by atoms with Gasteiger partial charge in [-0.25, -0.2) is 0 Å². The van der Waals surface area contributed by atoms with Gasteiger partial charge in [0.05, 0.1) is 0 Å². The molecule has 3 nitrogen and oxygen atoms in total. The van der Waals surface area contributed by atoms with Gasteiger partial charge in [0.2, 0.25) is 0 Å². The zero-order chi connectivity index (χ0) is 11.5. The van der Waals surface area contributed by atoms with Gasteiger partial charge >= 0.3 is 0 Å². The minimum absolute atomic E-state index is 0.603. The van der Waals surface area contributed by atoms with Gasteiger partial charge in [-0.1, -0.05) is 6.07 Å². The van der Waals surface area contributed by atoms with E-state index < -0.39 is 0 Å². The fraction of sp³-hybridized carbons (Fsp3) is 0.385. The molecule has 2 rings (SSSR count). The number of hydrogen-bond acceptors (Lipinski definition) is 2. The second-order valence-corrected chi connectivity index (χ2v) is 4.03. The Morgan fingerprint density at radius 1 is 1.38 bits per heavy atom. The molecule has 0 radical (unpaired) electrons. The summed E-state index contributed by atoms with van der Waals surface area (Å²) in [4.78, 5) is 0. The van der Waals surface area contributed by atoms with Gasteiger partial charge in [0.1, 0.15) is 0 Å². The third-order valence-electron chi connectivity index (χ3n) is 2.97. The molecule has 1 aromatic carbocycles. The fourth-order valence-electron chi connectivity index (χ4n) is 2.14. The fourth-order valence-corrected chi connectivity index (χ4v) is 2.14. The number of nitrogens with two attached hydrogens (primary N) is 1. The van der Waals surface area contributed by atoms with E-state index in [1.807, 2.05) is 7.05 Å². The lowest BCUT2D eigenvalue weighted by molar-refractivity contribution is 0.775. The number of fused-ring (bicyclic) bond motifs is 1. The van der Waals surface area contributed by atoms with Gasteiger partial charge in [-0.2, -0.15) is 0 Å². The summed E-state index contributed by atoms with van der Waals surface area (Å²) in [7, 11) is 1.97. The van der Waals surface area contributed by atoms with Crippen LogP contribution in [-0.2, 0) is 19.6 Å². The molecule has 0 amide bonds. The van der Waals surface area contributed by atoms with Crippen molar-refractivity contribution in [2.75, 3.05) is 7.05 Å². The number of hydrogen-bond donors (Lipinski definition) is 2. The van der Waals surface area contributed by atoms with Gasteiger partial charge in [-0.3, -0.25) is 0 Å². The molecule has 0 aliphatic rings. The van der Waals surface area contributed by atoms with E-state index in [2.05, 4.69) is 41.2 Å². The minimum atomic E-state index is 0.603. The molecule has 0 atom stereocenters. The van der Waals surface area contributed by atoms with Crippen LogP contribution in [0.4, 0.5) is 0 Å². The van der Waals surface area contributed by atoms with Crippen molar-refractivity contribution >= 4 is 10.9 Å². The Bertz CT molecular complexity index is 485. The quantitative estimate of drug-likeness (QED) is 0.820. The van der Waals surface area contributed by atoms with Crippen molar-refractivity contribution in [1.29, 1.82) is 0 Å². The van der Waals surface area contributed by atoms with E-state index in [-0.39, 0.29) is 0 Å². The van der Waals surface area contributed by atoms with Gasteiger partial charge < -0.3 is 15.6 Å². The second-order valence-electron chi connectivity index (χ2n) is 4.03. The zero-order valence-corrected chi connectivity index (χ0v) is 9.96. The number of aromatic nitrogens is 1. The SMILES string of the molecule is CCn1cc(CNC)c2cc(CN)ccc21. The molecule has 3 heteroatoms. The topological polar surface area (TPSA) is 43.0 Å². The first-order valence-electron chi connectivity index (χ1n) is 5.75. The Labute approximate surface area is 96.2 Å². The van der Waals surface area contributed by atoms with Gasteiger partial charge in [0.15, 0.2) is 0 Å². The average Bonchev–Trinajstić information content (AvgIpc) is 2.67. The van der Waals surface area contributed by atoms with Gasteiger partial charge in [0, 0.05) is 36.7 Å². The predicted molar refractivity (Wildman–Crippen MR) is 68.3 cm³/mol. The minimum Gasteiger partial charge on any atom is -0.347 e. The lowest BCUT2D eigenvalue weighted by Crippen LogP contribution is -2.04. The molecular weight excluding hydrogens is 198 g/mol. The summed E-state index contributed by atoms with van der Waals surface area (Å²) in [6.45, 7) is 4.67. The van der Waals surface area contributed by atoms with Crippen LogP contribution in [-0.4, -0.2) is 11.6 Å². The average molecular weight is 217 g/mol. The lowest BCUT2D eigenvalue weighted by Gasteiger charge is -2.02. The maximum absolute atomic E-state index is 5.68. The van der Waals surface area contributed by atoms with Crippen molar-refractivity contribution in [2.24, 2.45) is 5.73 Å². The Balaban J connectivity index is 2.60. The standard InChI is InChI=1S/C13H19N3/c1-3-16-9-11(8-15-2)12-6-10(7-14)4-5-13(12)16/h4-6,9,15H,3,7-8,14H2,1-2H3. The molecule has 0 saturated heterocycles. The smallest absolute Gasteiger partial charge is 0.0483 e. The van der Waals surface area contributed by atoms with Crippen molar-refractivity contribution in [2.45, 2.75) is 26.6 Å². The Kier molecular flexibility index (Phi) is 3.27. The van der Waals surface area contributed by atoms with Crippen molar-refractivity contribution in [3.63, 3.8) is 0 Å². The Morgan fingerprint density at radius 3 is 2.81 bits per heavy atom. The van der Waals surface area contributed by atoms with Crippen molar-refractivity contribution in [3.8, 4) is 0 Å². The zero-order valence-electron chi connectivity index (χ0n) is 9.96. The summed E-state index contributed by atoms with van der Waals surface area (Å²) in [6.07, 6.45) is 2.22. The molecule has 0 fully saturated rings. The lowest BCUT2D eigenvalue weighted by atomic mass is 10.1.